The van der Waals surface area contributed by atoms with Crippen LogP contribution in [0, 0.1) is 11.2 Å². The average molecular weight is 339 g/mol. The Balaban J connectivity index is 2.45. The Hall–Kier alpha value is -1.82. The Bertz CT molecular complexity index is 529. The minimum atomic E-state index is -0.361. The lowest BCUT2D eigenvalue weighted by Gasteiger charge is -2.30. The van der Waals surface area contributed by atoms with Gasteiger partial charge in [-0.2, -0.15) is 0 Å². The summed E-state index contributed by atoms with van der Waals surface area (Å²) in [7, 11) is 3.41. The lowest BCUT2D eigenvalue weighted by atomic mass is 9.89. The second kappa shape index (κ2) is 9.47. The van der Waals surface area contributed by atoms with Gasteiger partial charge in [-0.1, -0.05) is 32.9 Å². The first-order valence-electron chi connectivity index (χ1n) is 8.16. The quantitative estimate of drug-likeness (QED) is 0.592. The van der Waals surface area contributed by atoms with Crippen molar-refractivity contribution in [3.63, 3.8) is 0 Å². The molecule has 0 aliphatic carbocycles. The molecule has 0 saturated heterocycles. The Morgan fingerprint density at radius 1 is 1.21 bits per heavy atom. The normalized spacial score (nSPS) is 14.9. The van der Waals surface area contributed by atoms with Gasteiger partial charge < -0.3 is 20.1 Å². The summed E-state index contributed by atoms with van der Waals surface area (Å²) in [6, 6.07) is 6.38. The van der Waals surface area contributed by atoms with Crippen molar-refractivity contribution in [3.8, 4) is 5.75 Å². The van der Waals surface area contributed by atoms with Crippen LogP contribution in [-0.4, -0.2) is 45.4 Å². The fourth-order valence-electron chi connectivity index (χ4n) is 2.19. The van der Waals surface area contributed by atoms with Gasteiger partial charge in [-0.3, -0.25) is 4.99 Å². The number of hydrogen-bond donors (Lipinski definition) is 2. The van der Waals surface area contributed by atoms with Gasteiger partial charge in [-0.25, -0.2) is 4.39 Å². The first kappa shape index (κ1) is 20.2. The Morgan fingerprint density at radius 3 is 2.38 bits per heavy atom. The number of ether oxygens (including phenoxy) is 2. The summed E-state index contributed by atoms with van der Waals surface area (Å²) in [5.74, 6) is 0.548. The van der Waals surface area contributed by atoms with Crippen molar-refractivity contribution in [2.45, 2.75) is 39.9 Å². The van der Waals surface area contributed by atoms with E-state index in [0.29, 0.717) is 19.0 Å². The number of guanidine groups is 1. The van der Waals surface area contributed by atoms with E-state index < -0.39 is 0 Å². The smallest absolute Gasteiger partial charge is 0.191 e. The fourth-order valence-corrected chi connectivity index (χ4v) is 2.19. The largest absolute Gasteiger partial charge is 0.486 e. The number of benzene rings is 1. The highest BCUT2D eigenvalue weighted by Crippen LogP contribution is 2.21. The van der Waals surface area contributed by atoms with E-state index in [9.17, 15) is 4.39 Å². The van der Waals surface area contributed by atoms with Crippen LogP contribution in [0.25, 0.3) is 0 Å². The first-order valence-corrected chi connectivity index (χ1v) is 8.16. The monoisotopic (exact) mass is 339 g/mol. The van der Waals surface area contributed by atoms with E-state index in [1.807, 2.05) is 6.92 Å². The van der Waals surface area contributed by atoms with E-state index in [4.69, 9.17) is 9.47 Å². The van der Waals surface area contributed by atoms with Crippen LogP contribution in [0.15, 0.2) is 29.3 Å². The molecule has 1 rings (SSSR count). The van der Waals surface area contributed by atoms with Crippen LogP contribution in [0.3, 0.4) is 0 Å². The highest BCUT2D eigenvalue weighted by molar-refractivity contribution is 5.79. The molecule has 0 aliphatic heterocycles. The summed E-state index contributed by atoms with van der Waals surface area (Å²) in [5.41, 5.74) is 0.0296. The SMILES string of the molecule is CN=C(NCC(C)Oc1ccccc1F)NCC(OC)C(C)(C)C. The predicted octanol–water partition coefficient (Wildman–Crippen LogP) is 2.82. The van der Waals surface area contributed by atoms with Crippen LogP contribution in [-0.2, 0) is 4.74 Å². The van der Waals surface area contributed by atoms with Crippen LogP contribution < -0.4 is 15.4 Å². The molecule has 0 saturated carbocycles. The zero-order valence-electron chi connectivity index (χ0n) is 15.5. The number of methoxy groups -OCH3 is 1. The van der Waals surface area contributed by atoms with Gasteiger partial charge in [0.2, 0.25) is 0 Å². The molecular weight excluding hydrogens is 309 g/mol. The van der Waals surface area contributed by atoms with Crippen molar-refractivity contribution in [2.24, 2.45) is 10.4 Å². The summed E-state index contributed by atoms with van der Waals surface area (Å²) in [4.78, 5) is 4.18. The topological polar surface area (TPSA) is 54.9 Å². The predicted molar refractivity (Wildman–Crippen MR) is 96.1 cm³/mol. The second-order valence-electron chi connectivity index (χ2n) is 6.78. The van der Waals surface area contributed by atoms with Crippen LogP contribution in [0.5, 0.6) is 5.75 Å². The standard InChI is InChI=1S/C18H30FN3O2/c1-13(24-15-10-8-7-9-14(15)19)11-21-17(20-5)22-12-16(23-6)18(2,3)4/h7-10,13,16H,11-12H2,1-6H3,(H2,20,21,22). The van der Waals surface area contributed by atoms with Crippen molar-refractivity contribution in [3.05, 3.63) is 30.1 Å². The summed E-state index contributed by atoms with van der Waals surface area (Å²) in [5, 5.41) is 6.42. The molecule has 0 aromatic heterocycles. The van der Waals surface area contributed by atoms with Gasteiger partial charge in [0, 0.05) is 20.7 Å². The van der Waals surface area contributed by atoms with Crippen LogP contribution >= 0.6 is 0 Å². The first-order chi connectivity index (χ1) is 11.3. The molecule has 0 fully saturated rings. The van der Waals surface area contributed by atoms with E-state index in [2.05, 4.69) is 36.4 Å². The zero-order chi connectivity index (χ0) is 18.2. The molecule has 0 spiro atoms. The number of hydrogen-bond acceptors (Lipinski definition) is 3. The molecule has 2 unspecified atom stereocenters. The van der Waals surface area contributed by atoms with Gasteiger partial charge in [0.1, 0.15) is 6.10 Å². The number of nitrogens with zero attached hydrogens (tertiary/aromatic N) is 1. The van der Waals surface area contributed by atoms with Crippen LogP contribution in [0.4, 0.5) is 4.39 Å². The second-order valence-corrected chi connectivity index (χ2v) is 6.78. The fraction of sp³-hybridized carbons (Fsp3) is 0.611. The molecule has 1 aromatic rings. The molecule has 5 nitrogen and oxygen atoms in total. The molecule has 136 valence electrons. The van der Waals surface area contributed by atoms with E-state index >= 15 is 0 Å². The molecule has 0 bridgehead atoms. The van der Waals surface area contributed by atoms with Gasteiger partial charge in [0.15, 0.2) is 17.5 Å². The summed E-state index contributed by atoms with van der Waals surface area (Å²) in [6.07, 6.45) is -0.149. The van der Waals surface area contributed by atoms with Crippen molar-refractivity contribution in [2.75, 3.05) is 27.2 Å². The van der Waals surface area contributed by atoms with Gasteiger partial charge in [0.25, 0.3) is 0 Å². The molecule has 0 aliphatic rings. The van der Waals surface area contributed by atoms with Gasteiger partial charge >= 0.3 is 0 Å². The van der Waals surface area contributed by atoms with Crippen molar-refractivity contribution >= 4 is 5.96 Å². The van der Waals surface area contributed by atoms with E-state index in [1.54, 1.807) is 32.4 Å². The molecule has 1 aromatic carbocycles. The molecule has 6 heteroatoms. The summed E-state index contributed by atoms with van der Waals surface area (Å²) >= 11 is 0. The molecule has 24 heavy (non-hydrogen) atoms. The summed E-state index contributed by atoms with van der Waals surface area (Å²) in [6.45, 7) is 9.40. The van der Waals surface area contributed by atoms with Gasteiger partial charge in [-0.05, 0) is 24.5 Å². The molecule has 0 amide bonds. The Morgan fingerprint density at radius 2 is 1.83 bits per heavy atom. The van der Waals surface area contributed by atoms with Crippen LogP contribution in [0.2, 0.25) is 0 Å². The lowest BCUT2D eigenvalue weighted by molar-refractivity contribution is 0.0205. The van der Waals surface area contributed by atoms with E-state index in [1.165, 1.54) is 6.07 Å². The average Bonchev–Trinajstić information content (AvgIpc) is 2.51. The highest BCUT2D eigenvalue weighted by atomic mass is 19.1. The molecule has 0 heterocycles. The number of halogens is 1. The minimum Gasteiger partial charge on any atom is -0.486 e. The number of aliphatic imine (C=N–C) groups is 1. The van der Waals surface area contributed by atoms with E-state index in [-0.39, 0.29) is 29.2 Å². The molecular formula is C18H30FN3O2. The molecule has 0 radical (unpaired) electrons. The Labute approximate surface area is 144 Å². The molecule has 2 N–H and O–H groups in total. The third-order valence-corrected chi connectivity index (χ3v) is 3.65. The number of para-hydroxylation sites is 1. The van der Waals surface area contributed by atoms with Crippen LogP contribution in [0.1, 0.15) is 27.7 Å². The third kappa shape index (κ3) is 6.74. The van der Waals surface area contributed by atoms with Crippen molar-refractivity contribution < 1.29 is 13.9 Å². The Kier molecular flexibility index (Phi) is 7.98. The van der Waals surface area contributed by atoms with Crippen molar-refractivity contribution in [1.82, 2.24) is 10.6 Å². The summed E-state index contributed by atoms with van der Waals surface area (Å²) < 4.78 is 24.7. The minimum absolute atomic E-state index is 0.0296. The number of nitrogens with one attached hydrogen (secondary N) is 2. The number of rotatable bonds is 7. The maximum Gasteiger partial charge on any atom is 0.191 e. The third-order valence-electron chi connectivity index (χ3n) is 3.65. The maximum atomic E-state index is 13.6. The lowest BCUT2D eigenvalue weighted by Crippen LogP contribution is -2.47. The van der Waals surface area contributed by atoms with Crippen molar-refractivity contribution in [1.29, 1.82) is 0 Å². The van der Waals surface area contributed by atoms with E-state index in [0.717, 1.165) is 0 Å². The zero-order valence-corrected chi connectivity index (χ0v) is 15.5. The van der Waals surface area contributed by atoms with Gasteiger partial charge in [0.05, 0.1) is 12.6 Å². The highest BCUT2D eigenvalue weighted by Gasteiger charge is 2.24. The maximum absolute atomic E-state index is 13.6. The molecule has 2 atom stereocenters. The van der Waals surface area contributed by atoms with Gasteiger partial charge in [-0.15, -0.1) is 0 Å².